The van der Waals surface area contributed by atoms with Gasteiger partial charge in [-0.2, -0.15) is 26.3 Å². The van der Waals surface area contributed by atoms with E-state index in [4.69, 9.17) is 9.47 Å². The van der Waals surface area contributed by atoms with Crippen LogP contribution in [-0.4, -0.2) is 41.6 Å². The molecule has 1 unspecified atom stereocenters. The Morgan fingerprint density at radius 3 is 2.19 bits per heavy atom. The Bertz CT molecular complexity index is 1290. The number of anilines is 1. The number of hydrogen-bond donors (Lipinski definition) is 1. The van der Waals surface area contributed by atoms with E-state index in [1.54, 1.807) is 6.07 Å². The number of alkyl halides is 6. The van der Waals surface area contributed by atoms with E-state index in [9.17, 15) is 36.2 Å². The average Bonchev–Trinajstić information content (AvgIpc) is 3.17. The number of aliphatic hydroxyl groups excluding tert-OH is 1. The lowest BCUT2D eigenvalue weighted by Crippen LogP contribution is -2.23. The van der Waals surface area contributed by atoms with Crippen LogP contribution in [-0.2, 0) is 6.54 Å². The van der Waals surface area contributed by atoms with Gasteiger partial charge in [-0.15, -0.1) is 0 Å². The van der Waals surface area contributed by atoms with Crippen LogP contribution < -0.4 is 14.4 Å². The van der Waals surface area contributed by atoms with E-state index in [0.29, 0.717) is 11.3 Å². The van der Waals surface area contributed by atoms with Gasteiger partial charge in [0, 0.05) is 22.4 Å². The molecule has 3 aromatic rings. The minimum atomic E-state index is -4.58. The summed E-state index contributed by atoms with van der Waals surface area (Å²) < 4.78 is 85.3. The summed E-state index contributed by atoms with van der Waals surface area (Å²) in [7, 11) is 0. The highest BCUT2D eigenvalue weighted by molar-refractivity contribution is 6.11. The standard InChI is InChI=1S/C25H20F6N2O4/c1-14(34)20-10-18-19(22(32-20)17-4-2-3-5-21(17)37-13-25(29,30)31)11-33(23(18)35)15-6-8-16(9-7-15)36-12-24(26,27)28/h2-10,14,34H,11-13H2,1H3. The van der Waals surface area contributed by atoms with Crippen molar-refractivity contribution in [2.75, 3.05) is 18.1 Å². The summed E-state index contributed by atoms with van der Waals surface area (Å²) in [5.41, 5.74) is 1.44. The van der Waals surface area contributed by atoms with Crippen LogP contribution in [0.1, 0.15) is 34.6 Å². The Labute approximate surface area is 207 Å². The lowest BCUT2D eigenvalue weighted by molar-refractivity contribution is -0.154. The van der Waals surface area contributed by atoms with Crippen LogP contribution in [0.3, 0.4) is 0 Å². The number of fused-ring (bicyclic) bond motifs is 1. The van der Waals surface area contributed by atoms with Crippen LogP contribution in [0, 0.1) is 0 Å². The van der Waals surface area contributed by atoms with Crippen molar-refractivity contribution < 1.29 is 45.7 Å². The number of benzene rings is 2. The molecule has 196 valence electrons. The van der Waals surface area contributed by atoms with E-state index < -0.39 is 37.6 Å². The van der Waals surface area contributed by atoms with Gasteiger partial charge in [0.05, 0.1) is 24.0 Å². The predicted octanol–water partition coefficient (Wildman–Crippen LogP) is 5.84. The molecule has 1 aliphatic heterocycles. The van der Waals surface area contributed by atoms with Gasteiger partial charge in [0.15, 0.2) is 13.2 Å². The maximum absolute atomic E-state index is 13.3. The molecular formula is C25H20F6N2O4. The highest BCUT2D eigenvalue weighted by atomic mass is 19.4. The average molecular weight is 526 g/mol. The Balaban J connectivity index is 1.70. The topological polar surface area (TPSA) is 71.9 Å². The first-order valence-electron chi connectivity index (χ1n) is 10.9. The van der Waals surface area contributed by atoms with E-state index in [1.807, 2.05) is 0 Å². The van der Waals surface area contributed by atoms with Crippen molar-refractivity contribution >= 4 is 11.6 Å². The number of nitrogens with zero attached hydrogens (tertiary/aromatic N) is 2. The SMILES string of the molecule is CC(O)c1cc2c(c(-c3ccccc3OCC(F)(F)F)n1)CN(c1ccc(OCC(F)(F)F)cc1)C2=O. The third kappa shape index (κ3) is 6.13. The molecule has 1 atom stereocenters. The first kappa shape index (κ1) is 26.3. The van der Waals surface area contributed by atoms with Crippen LogP contribution in [0.25, 0.3) is 11.3 Å². The van der Waals surface area contributed by atoms with Gasteiger partial charge in [-0.1, -0.05) is 12.1 Å². The zero-order valence-electron chi connectivity index (χ0n) is 19.2. The van der Waals surface area contributed by atoms with Gasteiger partial charge in [0.2, 0.25) is 0 Å². The zero-order valence-corrected chi connectivity index (χ0v) is 19.2. The number of pyridine rings is 1. The number of ether oxygens (including phenoxy) is 2. The molecule has 0 radical (unpaired) electrons. The van der Waals surface area contributed by atoms with Gasteiger partial charge >= 0.3 is 12.4 Å². The number of carbonyl (C=O) groups is 1. The molecule has 0 bridgehead atoms. The summed E-state index contributed by atoms with van der Waals surface area (Å²) in [4.78, 5) is 19.1. The van der Waals surface area contributed by atoms with Crippen molar-refractivity contribution in [3.8, 4) is 22.8 Å². The third-order valence-electron chi connectivity index (χ3n) is 5.45. The van der Waals surface area contributed by atoms with Crippen molar-refractivity contribution in [2.45, 2.75) is 31.9 Å². The van der Waals surface area contributed by atoms with Gasteiger partial charge in [0.1, 0.15) is 11.5 Å². The summed E-state index contributed by atoms with van der Waals surface area (Å²) in [5, 5.41) is 10.2. The molecule has 0 saturated carbocycles. The van der Waals surface area contributed by atoms with E-state index in [0.717, 1.165) is 0 Å². The highest BCUT2D eigenvalue weighted by Crippen LogP contribution is 2.39. The Morgan fingerprint density at radius 2 is 1.57 bits per heavy atom. The molecule has 6 nitrogen and oxygen atoms in total. The smallest absolute Gasteiger partial charge is 0.422 e. The monoisotopic (exact) mass is 526 g/mol. The summed E-state index contributed by atoms with van der Waals surface area (Å²) in [6.07, 6.45) is -10.2. The fourth-order valence-electron chi connectivity index (χ4n) is 3.80. The normalized spacial score (nSPS) is 14.5. The van der Waals surface area contributed by atoms with Gasteiger partial charge in [-0.3, -0.25) is 4.79 Å². The molecule has 4 rings (SSSR count). The third-order valence-corrected chi connectivity index (χ3v) is 5.45. The lowest BCUT2D eigenvalue weighted by Gasteiger charge is -2.17. The summed E-state index contributed by atoms with van der Waals surface area (Å²) >= 11 is 0. The lowest BCUT2D eigenvalue weighted by atomic mass is 10.00. The quantitative estimate of drug-likeness (QED) is 0.392. The fraction of sp³-hybridized carbons (Fsp3) is 0.280. The second-order valence-corrected chi connectivity index (χ2v) is 8.29. The molecule has 1 amide bonds. The molecule has 0 saturated heterocycles. The zero-order chi connectivity index (χ0) is 27.0. The largest absolute Gasteiger partial charge is 0.484 e. The van der Waals surface area contributed by atoms with Gasteiger partial charge < -0.3 is 19.5 Å². The number of aliphatic hydroxyl groups is 1. The molecule has 0 aliphatic carbocycles. The van der Waals surface area contributed by atoms with Crippen molar-refractivity contribution in [1.82, 2.24) is 4.98 Å². The summed E-state index contributed by atoms with van der Waals surface area (Å²) in [6.45, 7) is -1.59. The maximum atomic E-state index is 13.3. The molecule has 1 aliphatic rings. The van der Waals surface area contributed by atoms with Crippen molar-refractivity contribution in [3.63, 3.8) is 0 Å². The molecule has 0 fully saturated rings. The van der Waals surface area contributed by atoms with Crippen LogP contribution >= 0.6 is 0 Å². The Hall–Kier alpha value is -3.80. The van der Waals surface area contributed by atoms with Gasteiger partial charge in [-0.05, 0) is 49.4 Å². The van der Waals surface area contributed by atoms with E-state index in [2.05, 4.69) is 4.98 Å². The first-order chi connectivity index (χ1) is 17.3. The van der Waals surface area contributed by atoms with E-state index >= 15 is 0 Å². The molecule has 1 N–H and O–H groups in total. The van der Waals surface area contributed by atoms with Crippen molar-refractivity contribution in [1.29, 1.82) is 0 Å². The van der Waals surface area contributed by atoms with E-state index in [-0.39, 0.29) is 40.6 Å². The van der Waals surface area contributed by atoms with Crippen molar-refractivity contribution in [2.24, 2.45) is 0 Å². The van der Waals surface area contributed by atoms with Crippen LogP contribution in [0.2, 0.25) is 0 Å². The number of para-hydroxylation sites is 1. The molecule has 37 heavy (non-hydrogen) atoms. The minimum Gasteiger partial charge on any atom is -0.484 e. The highest BCUT2D eigenvalue weighted by Gasteiger charge is 2.34. The molecule has 2 aromatic carbocycles. The van der Waals surface area contributed by atoms with Crippen LogP contribution in [0.15, 0.2) is 54.6 Å². The number of carbonyl (C=O) groups excluding carboxylic acids is 1. The summed E-state index contributed by atoms with van der Waals surface area (Å²) in [6, 6.07) is 12.7. The predicted molar refractivity (Wildman–Crippen MR) is 120 cm³/mol. The summed E-state index contributed by atoms with van der Waals surface area (Å²) in [5.74, 6) is -0.618. The molecule has 12 heteroatoms. The minimum absolute atomic E-state index is 0.0209. The molecule has 1 aromatic heterocycles. The van der Waals surface area contributed by atoms with Gasteiger partial charge in [-0.25, -0.2) is 4.98 Å². The molecular weight excluding hydrogens is 506 g/mol. The first-order valence-corrected chi connectivity index (χ1v) is 10.9. The maximum Gasteiger partial charge on any atom is 0.422 e. The van der Waals surface area contributed by atoms with Crippen LogP contribution in [0.5, 0.6) is 11.5 Å². The number of amides is 1. The second kappa shape index (κ2) is 9.92. The van der Waals surface area contributed by atoms with Crippen LogP contribution in [0.4, 0.5) is 32.0 Å². The Kier molecular flexibility index (Phi) is 7.05. The molecule has 0 spiro atoms. The number of rotatable bonds is 7. The second-order valence-electron chi connectivity index (χ2n) is 8.29. The van der Waals surface area contributed by atoms with Gasteiger partial charge in [0.25, 0.3) is 5.91 Å². The Morgan fingerprint density at radius 1 is 0.946 bits per heavy atom. The van der Waals surface area contributed by atoms with E-state index in [1.165, 1.54) is 60.4 Å². The fourth-order valence-corrected chi connectivity index (χ4v) is 3.80. The number of aromatic nitrogens is 1. The number of hydrogen-bond acceptors (Lipinski definition) is 5. The molecule has 2 heterocycles. The van der Waals surface area contributed by atoms with Crippen molar-refractivity contribution in [3.05, 3.63) is 71.4 Å². The number of halogens is 6.